The van der Waals surface area contributed by atoms with Gasteiger partial charge in [-0.3, -0.25) is 4.79 Å². The second-order valence-electron chi connectivity index (χ2n) is 4.74. The van der Waals surface area contributed by atoms with Crippen LogP contribution in [0.4, 0.5) is 0 Å². The third-order valence-corrected chi connectivity index (χ3v) is 3.74. The van der Waals surface area contributed by atoms with Gasteiger partial charge < -0.3 is 9.64 Å². The average molecular weight is 337 g/mol. The predicted octanol–water partition coefficient (Wildman–Crippen LogP) is 2.57. The maximum Gasteiger partial charge on any atom is 0.253 e. The van der Waals surface area contributed by atoms with E-state index >= 15 is 0 Å². The molecule has 0 spiro atoms. The van der Waals surface area contributed by atoms with Gasteiger partial charge in [-0.2, -0.15) is 5.26 Å². The smallest absolute Gasteiger partial charge is 0.253 e. The second-order valence-corrected chi connectivity index (χ2v) is 5.53. The van der Waals surface area contributed by atoms with Crippen molar-refractivity contribution in [1.29, 1.82) is 5.26 Å². The molecule has 1 aliphatic heterocycles. The van der Waals surface area contributed by atoms with Crippen molar-refractivity contribution in [2.24, 2.45) is 0 Å². The molecule has 0 radical (unpaired) electrons. The van der Waals surface area contributed by atoms with Crippen LogP contribution < -0.4 is 0 Å². The normalized spacial score (nSPS) is 15.9. The number of rotatable bonds is 4. The second kappa shape index (κ2) is 7.41. The monoisotopic (exact) mass is 336 g/mol. The van der Waals surface area contributed by atoms with Gasteiger partial charge >= 0.3 is 0 Å². The molecule has 0 aliphatic carbocycles. The molecule has 0 aromatic heterocycles. The Morgan fingerprint density at radius 2 is 2.00 bits per heavy atom. The minimum absolute atomic E-state index is 0.0356. The van der Waals surface area contributed by atoms with Gasteiger partial charge in [-0.25, -0.2) is 0 Å². The summed E-state index contributed by atoms with van der Waals surface area (Å²) in [6.07, 6.45) is 2.03. The van der Waals surface area contributed by atoms with Crippen LogP contribution in [0.2, 0.25) is 0 Å². The Morgan fingerprint density at radius 1 is 1.35 bits per heavy atom. The van der Waals surface area contributed by atoms with Crippen molar-refractivity contribution in [2.45, 2.75) is 18.9 Å². The predicted molar refractivity (Wildman–Crippen MR) is 79.8 cm³/mol. The van der Waals surface area contributed by atoms with Gasteiger partial charge in [0.05, 0.1) is 24.3 Å². The van der Waals surface area contributed by atoms with E-state index in [0.717, 1.165) is 31.3 Å². The number of hydrogen-bond acceptors (Lipinski definition) is 3. The van der Waals surface area contributed by atoms with Gasteiger partial charge in [0.25, 0.3) is 5.91 Å². The summed E-state index contributed by atoms with van der Waals surface area (Å²) in [5.41, 5.74) is 1.22. The fourth-order valence-electron chi connectivity index (χ4n) is 2.31. The van der Waals surface area contributed by atoms with Crippen LogP contribution in [0.5, 0.6) is 0 Å². The van der Waals surface area contributed by atoms with Crippen LogP contribution in [-0.4, -0.2) is 41.9 Å². The van der Waals surface area contributed by atoms with Gasteiger partial charge in [0.2, 0.25) is 0 Å². The van der Waals surface area contributed by atoms with Crippen molar-refractivity contribution in [3.05, 3.63) is 35.4 Å². The van der Waals surface area contributed by atoms with E-state index in [1.54, 1.807) is 24.3 Å². The van der Waals surface area contributed by atoms with E-state index in [1.807, 2.05) is 4.90 Å². The topological polar surface area (TPSA) is 53.3 Å². The molecule has 106 valence electrons. The molecule has 0 N–H and O–H groups in total. The van der Waals surface area contributed by atoms with Gasteiger partial charge in [0.15, 0.2) is 0 Å². The van der Waals surface area contributed by atoms with Crippen LogP contribution >= 0.6 is 15.9 Å². The van der Waals surface area contributed by atoms with Crippen molar-refractivity contribution in [1.82, 2.24) is 4.90 Å². The highest BCUT2D eigenvalue weighted by atomic mass is 79.9. The average Bonchev–Trinajstić information content (AvgIpc) is 2.53. The first-order valence-corrected chi connectivity index (χ1v) is 7.83. The lowest BCUT2D eigenvalue weighted by Gasteiger charge is -2.32. The van der Waals surface area contributed by atoms with Gasteiger partial charge in [-0.05, 0) is 37.1 Å². The minimum Gasteiger partial charge on any atom is -0.377 e. The molecule has 2 rings (SSSR count). The van der Waals surface area contributed by atoms with Crippen molar-refractivity contribution in [2.75, 3.05) is 25.0 Å². The fraction of sp³-hybridized carbons (Fsp3) is 0.467. The molecule has 0 saturated carbocycles. The molecule has 1 aromatic rings. The van der Waals surface area contributed by atoms with E-state index in [-0.39, 0.29) is 12.0 Å². The Bertz CT molecular complexity index is 488. The number of ether oxygens (including phenoxy) is 1. The summed E-state index contributed by atoms with van der Waals surface area (Å²) in [6.45, 7) is 2.17. The summed E-state index contributed by atoms with van der Waals surface area (Å²) in [4.78, 5) is 14.2. The van der Waals surface area contributed by atoms with E-state index in [1.165, 1.54) is 0 Å². The number of hydrogen-bond donors (Lipinski definition) is 0. The third-order valence-electron chi connectivity index (χ3n) is 3.42. The Balaban J connectivity index is 1.89. The molecule has 0 unspecified atom stereocenters. The van der Waals surface area contributed by atoms with E-state index < -0.39 is 0 Å². The molecule has 1 aromatic carbocycles. The zero-order valence-corrected chi connectivity index (χ0v) is 12.8. The SMILES string of the molecule is N#Cc1ccc(C(=O)N2CCC(OCCBr)CC2)cc1. The van der Waals surface area contributed by atoms with Crippen molar-refractivity contribution in [3.63, 3.8) is 0 Å². The molecule has 20 heavy (non-hydrogen) atoms. The van der Waals surface area contributed by atoms with Crippen LogP contribution in [0.3, 0.4) is 0 Å². The van der Waals surface area contributed by atoms with Gasteiger partial charge in [-0.1, -0.05) is 15.9 Å². The highest BCUT2D eigenvalue weighted by Crippen LogP contribution is 2.16. The largest absolute Gasteiger partial charge is 0.377 e. The molecule has 4 nitrogen and oxygen atoms in total. The molecule has 5 heteroatoms. The maximum atomic E-state index is 12.3. The number of nitriles is 1. The molecule has 1 amide bonds. The summed E-state index contributed by atoms with van der Waals surface area (Å²) in [7, 11) is 0. The van der Waals surface area contributed by atoms with Gasteiger partial charge in [0, 0.05) is 24.0 Å². The first kappa shape index (κ1) is 15.0. The summed E-state index contributed by atoms with van der Waals surface area (Å²) in [5, 5.41) is 9.60. The summed E-state index contributed by atoms with van der Waals surface area (Å²) < 4.78 is 5.68. The van der Waals surface area contributed by atoms with Crippen LogP contribution in [-0.2, 0) is 4.74 Å². The minimum atomic E-state index is 0.0356. The van der Waals surface area contributed by atoms with Gasteiger partial charge in [-0.15, -0.1) is 0 Å². The lowest BCUT2D eigenvalue weighted by Crippen LogP contribution is -2.41. The molecule has 1 heterocycles. The quantitative estimate of drug-likeness (QED) is 0.794. The number of piperidine rings is 1. The Kier molecular flexibility index (Phi) is 5.57. The number of alkyl halides is 1. The van der Waals surface area contributed by atoms with Crippen LogP contribution in [0, 0.1) is 11.3 Å². The van der Waals surface area contributed by atoms with Gasteiger partial charge in [0.1, 0.15) is 0 Å². The fourth-order valence-corrected chi connectivity index (χ4v) is 2.49. The molecular formula is C15H17BrN2O2. The number of carbonyl (C=O) groups excluding carboxylic acids is 1. The van der Waals surface area contributed by atoms with E-state index in [4.69, 9.17) is 10.00 Å². The number of nitrogens with zero attached hydrogens (tertiary/aromatic N) is 2. The Hall–Kier alpha value is -1.38. The first-order valence-electron chi connectivity index (χ1n) is 6.71. The zero-order chi connectivity index (χ0) is 14.4. The van der Waals surface area contributed by atoms with E-state index in [2.05, 4.69) is 22.0 Å². The summed E-state index contributed by atoms with van der Waals surface area (Å²) in [5.74, 6) is 0.0356. The van der Waals surface area contributed by atoms with Crippen LogP contribution in [0.15, 0.2) is 24.3 Å². The van der Waals surface area contributed by atoms with E-state index in [9.17, 15) is 4.79 Å². The van der Waals surface area contributed by atoms with Crippen LogP contribution in [0.1, 0.15) is 28.8 Å². The first-order chi connectivity index (χ1) is 9.74. The lowest BCUT2D eigenvalue weighted by atomic mass is 10.1. The molecular weight excluding hydrogens is 320 g/mol. The van der Waals surface area contributed by atoms with Crippen molar-refractivity contribution < 1.29 is 9.53 Å². The molecule has 0 atom stereocenters. The number of likely N-dealkylation sites (tertiary alicyclic amines) is 1. The maximum absolute atomic E-state index is 12.3. The van der Waals surface area contributed by atoms with Crippen molar-refractivity contribution >= 4 is 21.8 Å². The number of benzene rings is 1. The zero-order valence-electron chi connectivity index (χ0n) is 11.2. The number of amides is 1. The van der Waals surface area contributed by atoms with Crippen LogP contribution in [0.25, 0.3) is 0 Å². The Morgan fingerprint density at radius 3 is 2.55 bits per heavy atom. The highest BCUT2D eigenvalue weighted by Gasteiger charge is 2.23. The third kappa shape index (κ3) is 3.81. The van der Waals surface area contributed by atoms with Crippen molar-refractivity contribution in [3.8, 4) is 6.07 Å². The standard InChI is InChI=1S/C15H17BrN2O2/c16-7-10-20-14-5-8-18(9-6-14)15(19)13-3-1-12(11-17)2-4-13/h1-4,14H,5-10H2. The number of halogens is 1. The summed E-state index contributed by atoms with van der Waals surface area (Å²) in [6, 6.07) is 8.85. The lowest BCUT2D eigenvalue weighted by molar-refractivity contribution is 0.0160. The highest BCUT2D eigenvalue weighted by molar-refractivity contribution is 9.09. The molecule has 1 fully saturated rings. The molecule has 0 bridgehead atoms. The number of carbonyl (C=O) groups is 1. The Labute approximate surface area is 127 Å². The molecule has 1 saturated heterocycles. The summed E-state index contributed by atoms with van der Waals surface area (Å²) >= 11 is 3.34. The molecule has 1 aliphatic rings. The van der Waals surface area contributed by atoms with E-state index in [0.29, 0.717) is 17.7 Å².